The lowest BCUT2D eigenvalue weighted by molar-refractivity contribution is 1.58. The standard InChI is InChI=1S/C72H44/c1-2-9-49(10-3-1)61-34-26-51-32-40-67-63(36-28-53-30-38-65(61)69(51)71(53)67)59-14-6-12-56(43-59)46-16-18-47(19-17-46)57-13-7-15-60(44-57)64-37-29-54-31-39-66-62(35-27-52-33-41-68(64)72(54)70(52)66)50-23-20-48(21-24-50)58-25-22-45-8-4-5-11-55(45)42-58/h1-44H. The Hall–Kier alpha value is -9.36. The Balaban J connectivity index is 0.747. The van der Waals surface area contributed by atoms with Crippen molar-refractivity contribution < 1.29 is 0 Å². The molecule has 0 aliphatic carbocycles. The van der Waals surface area contributed by atoms with Crippen LogP contribution >= 0.6 is 0 Å². The highest BCUT2D eigenvalue weighted by molar-refractivity contribution is 6.29. The van der Waals surface area contributed by atoms with E-state index in [9.17, 15) is 0 Å². The fourth-order valence-corrected chi connectivity index (χ4v) is 12.0. The molecule has 0 amide bonds. The van der Waals surface area contributed by atoms with E-state index in [2.05, 4.69) is 267 Å². The molecule has 0 bridgehead atoms. The molecule has 0 aliphatic rings. The molecule has 0 nitrogen and oxygen atoms in total. The zero-order valence-corrected chi connectivity index (χ0v) is 39.4. The van der Waals surface area contributed by atoms with Crippen LogP contribution in [0.3, 0.4) is 0 Å². The average Bonchev–Trinajstić information content (AvgIpc) is 3.46. The van der Waals surface area contributed by atoms with Crippen LogP contribution in [-0.4, -0.2) is 0 Å². The molecular weight excluding hydrogens is 865 g/mol. The molecule has 0 heterocycles. The smallest absolute Gasteiger partial charge is 0.00203 e. The van der Waals surface area contributed by atoms with Crippen LogP contribution in [0.4, 0.5) is 0 Å². The van der Waals surface area contributed by atoms with E-state index in [0.717, 1.165) is 0 Å². The highest BCUT2D eigenvalue weighted by Gasteiger charge is 2.18. The van der Waals surface area contributed by atoms with Gasteiger partial charge in [0.15, 0.2) is 0 Å². The van der Waals surface area contributed by atoms with E-state index in [1.54, 1.807) is 0 Å². The van der Waals surface area contributed by atoms with Crippen molar-refractivity contribution in [3.05, 3.63) is 267 Å². The fourth-order valence-electron chi connectivity index (χ4n) is 12.0. The van der Waals surface area contributed by atoms with E-state index >= 15 is 0 Å². The summed E-state index contributed by atoms with van der Waals surface area (Å²) in [5.74, 6) is 0. The van der Waals surface area contributed by atoms with Gasteiger partial charge in [-0.3, -0.25) is 0 Å². The van der Waals surface area contributed by atoms with Gasteiger partial charge in [-0.25, -0.2) is 0 Å². The van der Waals surface area contributed by atoms with Crippen LogP contribution in [0.25, 0.3) is 153 Å². The van der Waals surface area contributed by atoms with Gasteiger partial charge >= 0.3 is 0 Å². The Labute approximate surface area is 418 Å². The molecule has 0 aliphatic heterocycles. The van der Waals surface area contributed by atoms with Gasteiger partial charge in [0.05, 0.1) is 0 Å². The Morgan fingerprint density at radius 3 is 0.875 bits per heavy atom. The number of hydrogen-bond donors (Lipinski definition) is 0. The van der Waals surface area contributed by atoms with E-state index in [-0.39, 0.29) is 0 Å². The Morgan fingerprint density at radius 2 is 0.431 bits per heavy atom. The third kappa shape index (κ3) is 6.47. The first kappa shape index (κ1) is 40.5. The predicted octanol–water partition coefficient (Wildman–Crippen LogP) is 20.3. The van der Waals surface area contributed by atoms with Crippen LogP contribution in [-0.2, 0) is 0 Å². The van der Waals surface area contributed by atoms with Gasteiger partial charge in [0, 0.05) is 0 Å². The van der Waals surface area contributed by atoms with Crippen molar-refractivity contribution in [2.24, 2.45) is 0 Å². The van der Waals surface area contributed by atoms with Crippen molar-refractivity contribution in [2.75, 3.05) is 0 Å². The summed E-state index contributed by atoms with van der Waals surface area (Å²) in [4.78, 5) is 0. The molecule has 0 fully saturated rings. The van der Waals surface area contributed by atoms with E-state index in [1.807, 2.05) is 0 Å². The number of rotatable bonds is 7. The minimum Gasteiger partial charge on any atom is -0.0622 e. The second kappa shape index (κ2) is 16.1. The van der Waals surface area contributed by atoms with Crippen molar-refractivity contribution in [1.29, 1.82) is 0 Å². The van der Waals surface area contributed by atoms with Gasteiger partial charge in [0.1, 0.15) is 0 Å². The van der Waals surface area contributed by atoms with Crippen LogP contribution in [0.5, 0.6) is 0 Å². The van der Waals surface area contributed by atoms with Crippen molar-refractivity contribution >= 4 is 75.4 Å². The summed E-state index contributed by atoms with van der Waals surface area (Å²) in [7, 11) is 0. The second-order valence-electron chi connectivity index (χ2n) is 19.5. The molecule has 15 aromatic carbocycles. The van der Waals surface area contributed by atoms with Crippen molar-refractivity contribution in [1.82, 2.24) is 0 Å². The largest absolute Gasteiger partial charge is 0.0622 e. The molecule has 332 valence electrons. The van der Waals surface area contributed by atoms with E-state index in [4.69, 9.17) is 0 Å². The quantitative estimate of drug-likeness (QED) is 0.140. The highest BCUT2D eigenvalue weighted by atomic mass is 14.2. The van der Waals surface area contributed by atoms with Gasteiger partial charge < -0.3 is 0 Å². The summed E-state index contributed by atoms with van der Waals surface area (Å²) in [6.07, 6.45) is 0. The highest BCUT2D eigenvalue weighted by Crippen LogP contribution is 2.45. The van der Waals surface area contributed by atoms with Crippen LogP contribution < -0.4 is 0 Å². The molecule has 0 spiro atoms. The molecule has 0 aromatic heterocycles. The summed E-state index contributed by atoms with van der Waals surface area (Å²) in [5, 5.41) is 18.1. The molecule has 0 heteroatoms. The number of fused-ring (bicyclic) bond motifs is 1. The lowest BCUT2D eigenvalue weighted by Gasteiger charge is -2.17. The SMILES string of the molecule is c1ccc(-c2ccc3ccc4c(-c5cccc(-c6ccc(-c7cccc(-c8ccc9ccc%10c(-c%11ccc(-c%12ccc%13ccccc%13c%12)cc%11)ccc%11ccc8c9c%11%10)c7)cc6)c5)ccc5ccc2c3c54)cc1. The first-order chi connectivity index (χ1) is 35.7. The lowest BCUT2D eigenvalue weighted by atomic mass is 9.86. The lowest BCUT2D eigenvalue weighted by Crippen LogP contribution is -1.90. The Kier molecular flexibility index (Phi) is 9.06. The second-order valence-corrected chi connectivity index (χ2v) is 19.5. The van der Waals surface area contributed by atoms with Crippen LogP contribution in [0.15, 0.2) is 267 Å². The fraction of sp³-hybridized carbons (Fsp3) is 0. The van der Waals surface area contributed by atoms with Crippen molar-refractivity contribution in [3.8, 4) is 77.9 Å². The van der Waals surface area contributed by atoms with E-state index < -0.39 is 0 Å². The molecule has 0 radical (unpaired) electrons. The molecule has 0 N–H and O–H groups in total. The first-order valence-electron chi connectivity index (χ1n) is 25.0. The van der Waals surface area contributed by atoms with Crippen LogP contribution in [0.1, 0.15) is 0 Å². The molecule has 15 aromatic rings. The minimum atomic E-state index is 1.20. The summed E-state index contributed by atoms with van der Waals surface area (Å²) >= 11 is 0. The number of hydrogen-bond acceptors (Lipinski definition) is 0. The molecule has 0 saturated carbocycles. The monoisotopic (exact) mass is 908 g/mol. The average molecular weight is 909 g/mol. The summed E-state index contributed by atoms with van der Waals surface area (Å²) in [6.45, 7) is 0. The molecule has 0 atom stereocenters. The van der Waals surface area contributed by atoms with Gasteiger partial charge in [0.25, 0.3) is 0 Å². The van der Waals surface area contributed by atoms with E-state index in [0.29, 0.717) is 0 Å². The third-order valence-electron chi connectivity index (χ3n) is 15.6. The van der Waals surface area contributed by atoms with Crippen molar-refractivity contribution in [3.63, 3.8) is 0 Å². The first-order valence-corrected chi connectivity index (χ1v) is 25.0. The molecule has 0 unspecified atom stereocenters. The van der Waals surface area contributed by atoms with Gasteiger partial charge in [-0.15, -0.1) is 0 Å². The maximum absolute atomic E-state index is 2.36. The maximum atomic E-state index is 2.36. The van der Waals surface area contributed by atoms with Crippen LogP contribution in [0.2, 0.25) is 0 Å². The minimum absolute atomic E-state index is 1.20. The molecule has 72 heavy (non-hydrogen) atoms. The van der Waals surface area contributed by atoms with Gasteiger partial charge in [0.2, 0.25) is 0 Å². The molecular formula is C72H44. The van der Waals surface area contributed by atoms with E-state index in [1.165, 1.54) is 153 Å². The summed E-state index contributed by atoms with van der Waals surface area (Å²) in [6, 6.07) is 99.3. The zero-order chi connectivity index (χ0) is 47.3. The zero-order valence-electron chi connectivity index (χ0n) is 39.4. The third-order valence-corrected chi connectivity index (χ3v) is 15.6. The van der Waals surface area contributed by atoms with Crippen molar-refractivity contribution in [2.45, 2.75) is 0 Å². The molecule has 0 saturated heterocycles. The Morgan fingerprint density at radius 1 is 0.139 bits per heavy atom. The van der Waals surface area contributed by atoms with Gasteiger partial charge in [-0.05, 0) is 171 Å². The molecule has 15 rings (SSSR count). The predicted molar refractivity (Wildman–Crippen MR) is 309 cm³/mol. The summed E-state index contributed by atoms with van der Waals surface area (Å²) in [5.41, 5.74) is 17.2. The maximum Gasteiger partial charge on any atom is -0.00203 e. The topological polar surface area (TPSA) is 0 Å². The Bertz CT molecular complexity index is 4580. The van der Waals surface area contributed by atoms with Gasteiger partial charge in [-0.2, -0.15) is 0 Å². The van der Waals surface area contributed by atoms with Crippen LogP contribution in [0, 0.1) is 0 Å². The normalized spacial score (nSPS) is 11.9. The van der Waals surface area contributed by atoms with Gasteiger partial charge in [-0.1, -0.05) is 249 Å². The summed E-state index contributed by atoms with van der Waals surface area (Å²) < 4.78 is 0. The number of benzene rings is 15.